The zero-order chi connectivity index (χ0) is 73.2. The van der Waals surface area contributed by atoms with Gasteiger partial charge >= 0.3 is 39.5 Å². The van der Waals surface area contributed by atoms with Gasteiger partial charge in [0.05, 0.1) is 26.4 Å². The zero-order valence-electron chi connectivity index (χ0n) is 63.4. The van der Waals surface area contributed by atoms with Gasteiger partial charge in [0.2, 0.25) is 0 Å². The van der Waals surface area contributed by atoms with Gasteiger partial charge < -0.3 is 33.8 Å². The van der Waals surface area contributed by atoms with E-state index in [1.807, 2.05) is 0 Å². The first-order valence-electron chi connectivity index (χ1n) is 39.8. The molecule has 0 rings (SSSR count). The molecule has 0 aromatic rings. The first-order valence-corrected chi connectivity index (χ1v) is 42.8. The Morgan fingerprint density at radius 2 is 0.490 bits per heavy atom. The van der Waals surface area contributed by atoms with E-state index in [4.69, 9.17) is 37.0 Å². The lowest BCUT2D eigenvalue weighted by Crippen LogP contribution is -2.30. The number of carbonyl (C=O) groups excluding carboxylic acids is 4. The molecule has 0 radical (unpaired) electrons. The van der Waals surface area contributed by atoms with Crippen molar-refractivity contribution in [2.24, 2.45) is 0 Å². The Kier molecular flexibility index (Phi) is 70.8. The van der Waals surface area contributed by atoms with Gasteiger partial charge in [-0.05, 0) is 148 Å². The van der Waals surface area contributed by atoms with Crippen LogP contribution in [-0.4, -0.2) is 96.7 Å². The summed E-state index contributed by atoms with van der Waals surface area (Å²) in [5, 5.41) is 10.6. The highest BCUT2D eigenvalue weighted by Crippen LogP contribution is 2.45. The van der Waals surface area contributed by atoms with Gasteiger partial charge in [-0.15, -0.1) is 0 Å². The number of aliphatic hydroxyl groups excluding tert-OH is 1. The topological polar surface area (TPSA) is 237 Å². The monoisotopic (exact) mass is 1450 g/mol. The van der Waals surface area contributed by atoms with E-state index >= 15 is 0 Å². The molecule has 0 aliphatic carbocycles. The summed E-state index contributed by atoms with van der Waals surface area (Å²) in [5.41, 5.74) is 0. The fraction of sp³-hybridized carbons (Fsp3) is 0.778. The van der Waals surface area contributed by atoms with Crippen LogP contribution in [0.25, 0.3) is 0 Å². The van der Waals surface area contributed by atoms with E-state index in [9.17, 15) is 43.2 Å². The summed E-state index contributed by atoms with van der Waals surface area (Å²) in [6, 6.07) is 0. The molecular weight excluding hydrogens is 1310 g/mol. The summed E-state index contributed by atoms with van der Waals surface area (Å²) in [6.07, 6.45) is 75.5. The minimum Gasteiger partial charge on any atom is -0.462 e. The van der Waals surface area contributed by atoms with Crippen molar-refractivity contribution in [3.8, 4) is 0 Å². The van der Waals surface area contributed by atoms with Gasteiger partial charge in [-0.1, -0.05) is 260 Å². The second-order valence-electron chi connectivity index (χ2n) is 26.6. The Hall–Kier alpha value is -3.76. The predicted octanol–water partition coefficient (Wildman–Crippen LogP) is 23.0. The molecule has 3 N–H and O–H groups in total. The highest BCUT2D eigenvalue weighted by atomic mass is 31.2. The predicted molar refractivity (Wildman–Crippen MR) is 409 cm³/mol. The van der Waals surface area contributed by atoms with Gasteiger partial charge in [0.1, 0.15) is 19.3 Å². The quantitative estimate of drug-likeness (QED) is 0.0169. The molecule has 0 aromatic heterocycles. The Bertz CT molecular complexity index is 2230. The van der Waals surface area contributed by atoms with Gasteiger partial charge in [0, 0.05) is 25.7 Å². The van der Waals surface area contributed by atoms with E-state index in [1.54, 1.807) is 0 Å². The summed E-state index contributed by atoms with van der Waals surface area (Å²) >= 11 is 0. The maximum Gasteiger partial charge on any atom is 0.472 e. The third-order valence-corrected chi connectivity index (χ3v) is 18.7. The molecule has 0 amide bonds. The second kappa shape index (κ2) is 73.5. The maximum absolute atomic E-state index is 13.1. The van der Waals surface area contributed by atoms with Crippen LogP contribution in [-0.2, 0) is 65.4 Å². The number of phosphoric ester groups is 2. The highest BCUT2D eigenvalue weighted by molar-refractivity contribution is 7.47. The molecule has 2 unspecified atom stereocenters. The molecule has 17 nitrogen and oxygen atoms in total. The average Bonchev–Trinajstić information content (AvgIpc) is 1.01. The van der Waals surface area contributed by atoms with Crippen LogP contribution in [0.4, 0.5) is 0 Å². The minimum absolute atomic E-state index is 0.0769. The van der Waals surface area contributed by atoms with Crippen LogP contribution >= 0.6 is 15.6 Å². The molecule has 0 saturated carbocycles. The Morgan fingerprint density at radius 1 is 0.280 bits per heavy atom. The van der Waals surface area contributed by atoms with Crippen molar-refractivity contribution < 1.29 is 80.2 Å². The van der Waals surface area contributed by atoms with Gasteiger partial charge in [0.15, 0.2) is 12.2 Å². The van der Waals surface area contributed by atoms with Gasteiger partial charge in [-0.25, -0.2) is 9.13 Å². The number of unbranched alkanes of at least 4 members (excludes halogenated alkanes) is 35. The Balaban J connectivity index is 5.38. The van der Waals surface area contributed by atoms with Crippen molar-refractivity contribution in [2.75, 3.05) is 39.6 Å². The average molecular weight is 1450 g/mol. The summed E-state index contributed by atoms with van der Waals surface area (Å²) in [5.74, 6) is -2.21. The van der Waals surface area contributed by atoms with Crippen molar-refractivity contribution in [2.45, 2.75) is 367 Å². The van der Waals surface area contributed by atoms with Crippen LogP contribution in [0.3, 0.4) is 0 Å². The van der Waals surface area contributed by atoms with Crippen LogP contribution in [0.2, 0.25) is 0 Å². The van der Waals surface area contributed by atoms with Crippen molar-refractivity contribution in [1.82, 2.24) is 0 Å². The lowest BCUT2D eigenvalue weighted by molar-refractivity contribution is -0.161. The maximum atomic E-state index is 13.1. The van der Waals surface area contributed by atoms with Crippen LogP contribution in [0.15, 0.2) is 85.1 Å². The number of hydrogen-bond acceptors (Lipinski definition) is 15. The molecule has 0 saturated heterocycles. The lowest BCUT2D eigenvalue weighted by atomic mass is 10.1. The lowest BCUT2D eigenvalue weighted by Gasteiger charge is -2.21. The number of phosphoric acid groups is 2. The van der Waals surface area contributed by atoms with E-state index in [0.717, 1.165) is 173 Å². The van der Waals surface area contributed by atoms with Gasteiger partial charge in [-0.2, -0.15) is 0 Å². The van der Waals surface area contributed by atoms with Crippen LogP contribution in [0, 0.1) is 0 Å². The molecule has 0 aliphatic heterocycles. The Labute approximate surface area is 608 Å². The van der Waals surface area contributed by atoms with Crippen molar-refractivity contribution in [3.05, 3.63) is 85.1 Å². The first kappa shape index (κ1) is 96.2. The largest absolute Gasteiger partial charge is 0.472 e. The Morgan fingerprint density at radius 3 is 0.770 bits per heavy atom. The van der Waals surface area contributed by atoms with Crippen molar-refractivity contribution >= 4 is 39.5 Å². The van der Waals surface area contributed by atoms with Crippen LogP contribution in [0.5, 0.6) is 0 Å². The summed E-state index contributed by atoms with van der Waals surface area (Å²) < 4.78 is 68.6. The molecule has 19 heteroatoms. The summed E-state index contributed by atoms with van der Waals surface area (Å²) in [7, 11) is -9.96. The fourth-order valence-corrected chi connectivity index (χ4v) is 12.2. The molecule has 0 bridgehead atoms. The molecule has 5 atom stereocenters. The van der Waals surface area contributed by atoms with Crippen molar-refractivity contribution in [3.63, 3.8) is 0 Å². The molecule has 0 spiro atoms. The SMILES string of the molecule is CCCCC/C=C\C/C=C\CCCCCCCC(=O)OC[C@H](COP(=O)(O)OC[C@@H](O)COP(=O)(O)OC[C@@H](COC(=O)CCCCCCCCC/C=C\CCCCCC)OC(=O)CCCCCCC/C=C\C/C=C\CCCCC)OC(=O)CCCCCCC/C=C\C/C=C\CCCCC. The number of hydrogen-bond donors (Lipinski definition) is 3. The third kappa shape index (κ3) is 72.6. The first-order chi connectivity index (χ1) is 48.7. The molecule has 580 valence electrons. The number of ether oxygens (including phenoxy) is 4. The molecular formula is C81H144O17P2. The number of carbonyl (C=O) groups is 4. The van der Waals surface area contributed by atoms with Crippen molar-refractivity contribution in [1.29, 1.82) is 0 Å². The standard InChI is InChI=1S/C81H144O17P2/c1-5-9-13-17-21-25-29-33-37-41-45-49-53-57-61-65-78(83)91-71-76(97-80(85)67-63-59-55-51-47-43-39-35-31-27-23-19-15-11-7-3)73-95-99(87,88)93-69-75(82)70-94-100(89,90)96-74-77(98-81(86)68-64-60-56-52-48-44-40-36-32-28-24-20-16-12-8-4)72-92-79(84)66-62-58-54-50-46-42-38-34-30-26-22-18-14-10-6-2/h21,23-28,30,33,35-37,39-40,75-77,82H,5-20,22,29,31-32,34,38,41-74H2,1-4H3,(H,87,88)(H,89,90)/b25-21-,27-23-,28-24-,30-26-,37-33-,39-35-,40-36-/t75-,76-,77-/m1/s1. The second-order valence-corrected chi connectivity index (χ2v) is 29.5. The van der Waals surface area contributed by atoms with Crippen LogP contribution in [0.1, 0.15) is 349 Å². The molecule has 100 heavy (non-hydrogen) atoms. The smallest absolute Gasteiger partial charge is 0.462 e. The van der Waals surface area contributed by atoms with Gasteiger partial charge in [-0.3, -0.25) is 37.3 Å². The molecule has 0 fully saturated rings. The molecule has 0 aromatic carbocycles. The number of allylic oxidation sites excluding steroid dienone is 14. The zero-order valence-corrected chi connectivity index (χ0v) is 65.2. The number of esters is 4. The summed E-state index contributed by atoms with van der Waals surface area (Å²) in [4.78, 5) is 73.0. The van der Waals surface area contributed by atoms with E-state index in [1.165, 1.54) is 96.3 Å². The minimum atomic E-state index is -4.98. The third-order valence-electron chi connectivity index (χ3n) is 16.8. The highest BCUT2D eigenvalue weighted by Gasteiger charge is 2.30. The van der Waals surface area contributed by atoms with E-state index in [2.05, 4.69) is 113 Å². The van der Waals surface area contributed by atoms with Crippen LogP contribution < -0.4 is 0 Å². The normalized spacial score (nSPS) is 14.3. The molecule has 0 aliphatic rings. The van der Waals surface area contributed by atoms with E-state index in [-0.39, 0.29) is 25.7 Å². The number of rotatable bonds is 75. The van der Waals surface area contributed by atoms with Gasteiger partial charge in [0.25, 0.3) is 0 Å². The fourth-order valence-electron chi connectivity index (χ4n) is 10.7. The molecule has 0 heterocycles. The number of aliphatic hydroxyl groups is 1. The van der Waals surface area contributed by atoms with E-state index in [0.29, 0.717) is 25.7 Å². The summed E-state index contributed by atoms with van der Waals surface area (Å²) in [6.45, 7) is 4.78. The van der Waals surface area contributed by atoms with E-state index < -0.39 is 97.5 Å².